The van der Waals surface area contributed by atoms with Crippen LogP contribution in [0.3, 0.4) is 0 Å². The molecule has 2 aromatic carbocycles. The van der Waals surface area contributed by atoms with Gasteiger partial charge in [-0.2, -0.15) is 21.6 Å². The van der Waals surface area contributed by atoms with Crippen LogP contribution in [0.4, 0.5) is 13.2 Å². The van der Waals surface area contributed by atoms with E-state index in [0.29, 0.717) is 6.07 Å². The fourth-order valence-electron chi connectivity index (χ4n) is 2.20. The van der Waals surface area contributed by atoms with Crippen molar-refractivity contribution < 1.29 is 25.8 Å². The molecule has 3 rings (SSSR count). The molecule has 0 saturated heterocycles. The van der Waals surface area contributed by atoms with Gasteiger partial charge in [0.25, 0.3) is 5.56 Å². The molecule has 0 atom stereocenters. The summed E-state index contributed by atoms with van der Waals surface area (Å²) in [7, 11) is -4.51. The van der Waals surface area contributed by atoms with Crippen molar-refractivity contribution in [2.75, 3.05) is 0 Å². The average molecular weight is 386 g/mol. The van der Waals surface area contributed by atoms with Gasteiger partial charge < -0.3 is 9.17 Å². The summed E-state index contributed by atoms with van der Waals surface area (Å²) >= 11 is 0. The number of nitrogens with one attached hydrogen (secondary N) is 2. The largest absolute Gasteiger partial charge is 0.416 e. The minimum absolute atomic E-state index is 0.0942. The first kappa shape index (κ1) is 17.7. The van der Waals surface area contributed by atoms with E-state index in [2.05, 4.69) is 4.98 Å². The zero-order chi connectivity index (χ0) is 19.1. The SMILES string of the molecule is O=c1[nH]c(=O)c2cc(S(=O)(=O)Oc3cccc(C(F)(F)F)c3)ccc2[nH]1. The first-order chi connectivity index (χ1) is 12.1. The maximum absolute atomic E-state index is 12.7. The molecule has 136 valence electrons. The third kappa shape index (κ3) is 3.47. The molecule has 0 spiro atoms. The molecule has 0 fully saturated rings. The number of alkyl halides is 3. The van der Waals surface area contributed by atoms with Crippen molar-refractivity contribution in [2.45, 2.75) is 11.1 Å². The van der Waals surface area contributed by atoms with Gasteiger partial charge in [-0.1, -0.05) is 6.07 Å². The molecule has 0 aliphatic carbocycles. The Kier molecular flexibility index (Phi) is 4.11. The molecule has 11 heteroatoms. The molecule has 0 saturated carbocycles. The van der Waals surface area contributed by atoms with Crippen molar-refractivity contribution in [2.24, 2.45) is 0 Å². The Balaban J connectivity index is 2.02. The minimum atomic E-state index is -4.66. The molecule has 3 aromatic rings. The molecular formula is C15H9F3N2O5S. The highest BCUT2D eigenvalue weighted by Gasteiger charge is 2.31. The molecule has 0 unspecified atom stereocenters. The van der Waals surface area contributed by atoms with E-state index in [1.165, 1.54) is 6.07 Å². The molecule has 1 heterocycles. The lowest BCUT2D eigenvalue weighted by atomic mass is 10.2. The van der Waals surface area contributed by atoms with Crippen LogP contribution in [0.15, 0.2) is 56.9 Å². The van der Waals surface area contributed by atoms with Crippen molar-refractivity contribution in [3.8, 4) is 5.75 Å². The summed E-state index contributed by atoms with van der Waals surface area (Å²) in [6.07, 6.45) is -4.66. The van der Waals surface area contributed by atoms with E-state index in [1.54, 1.807) is 0 Å². The molecule has 1 aromatic heterocycles. The summed E-state index contributed by atoms with van der Waals surface area (Å²) in [6.45, 7) is 0. The van der Waals surface area contributed by atoms with E-state index in [0.717, 1.165) is 30.3 Å². The molecule has 0 aliphatic rings. The van der Waals surface area contributed by atoms with Gasteiger partial charge in [0, 0.05) is 0 Å². The monoisotopic (exact) mass is 386 g/mol. The second-order valence-electron chi connectivity index (χ2n) is 5.18. The van der Waals surface area contributed by atoms with Crippen LogP contribution in [-0.4, -0.2) is 18.4 Å². The number of halogens is 3. The quantitative estimate of drug-likeness (QED) is 0.670. The Bertz CT molecular complexity index is 1210. The highest BCUT2D eigenvalue weighted by molar-refractivity contribution is 7.87. The van der Waals surface area contributed by atoms with Gasteiger partial charge in [0.05, 0.1) is 16.5 Å². The first-order valence-corrected chi connectivity index (χ1v) is 8.35. The highest BCUT2D eigenvalue weighted by Crippen LogP contribution is 2.32. The van der Waals surface area contributed by atoms with E-state index in [9.17, 15) is 31.2 Å². The molecule has 0 amide bonds. The standard InChI is InChI=1S/C15H9F3N2O5S/c16-15(17,18)8-2-1-3-9(6-8)25-26(23,24)10-4-5-12-11(7-10)13(21)20-14(22)19-12/h1-7H,(H2,19,20,21,22). The Morgan fingerprint density at radius 2 is 1.69 bits per heavy atom. The van der Waals surface area contributed by atoms with Gasteiger partial charge >= 0.3 is 22.0 Å². The fourth-order valence-corrected chi connectivity index (χ4v) is 3.15. The summed E-state index contributed by atoms with van der Waals surface area (Å²) in [5.74, 6) is -0.532. The number of benzene rings is 2. The zero-order valence-electron chi connectivity index (χ0n) is 12.6. The van der Waals surface area contributed by atoms with Gasteiger partial charge in [-0.15, -0.1) is 0 Å². The molecule has 26 heavy (non-hydrogen) atoms. The lowest BCUT2D eigenvalue weighted by Crippen LogP contribution is -2.22. The number of hydrogen-bond acceptors (Lipinski definition) is 5. The number of H-pyrrole nitrogens is 2. The molecular weight excluding hydrogens is 377 g/mol. The number of hydrogen-bond donors (Lipinski definition) is 2. The van der Waals surface area contributed by atoms with Crippen LogP contribution in [0.1, 0.15) is 5.56 Å². The number of aromatic amines is 2. The lowest BCUT2D eigenvalue weighted by molar-refractivity contribution is -0.137. The lowest BCUT2D eigenvalue weighted by Gasteiger charge is -2.10. The van der Waals surface area contributed by atoms with E-state index < -0.39 is 43.8 Å². The maximum Gasteiger partial charge on any atom is 0.416 e. The Labute approximate surface area is 143 Å². The number of rotatable bonds is 3. The van der Waals surface area contributed by atoms with Crippen LogP contribution in [0.5, 0.6) is 5.75 Å². The predicted octanol–water partition coefficient (Wildman–Crippen LogP) is 2.00. The third-order valence-electron chi connectivity index (χ3n) is 3.37. The van der Waals surface area contributed by atoms with Crippen molar-refractivity contribution in [1.29, 1.82) is 0 Å². The Hall–Kier alpha value is -3.08. The highest BCUT2D eigenvalue weighted by atomic mass is 32.2. The van der Waals surface area contributed by atoms with Crippen molar-refractivity contribution >= 4 is 21.0 Å². The summed E-state index contributed by atoms with van der Waals surface area (Å²) in [6, 6.07) is 6.55. The Morgan fingerprint density at radius 1 is 0.962 bits per heavy atom. The van der Waals surface area contributed by atoms with Gasteiger partial charge in [0.2, 0.25) is 0 Å². The second-order valence-corrected chi connectivity index (χ2v) is 6.73. The average Bonchev–Trinajstić information content (AvgIpc) is 2.53. The number of fused-ring (bicyclic) bond motifs is 1. The van der Waals surface area contributed by atoms with E-state index in [4.69, 9.17) is 4.18 Å². The van der Waals surface area contributed by atoms with Crippen LogP contribution in [0.25, 0.3) is 10.9 Å². The van der Waals surface area contributed by atoms with Crippen LogP contribution in [0.2, 0.25) is 0 Å². The third-order valence-corrected chi connectivity index (χ3v) is 4.61. The van der Waals surface area contributed by atoms with Crippen molar-refractivity contribution in [1.82, 2.24) is 9.97 Å². The topological polar surface area (TPSA) is 109 Å². The van der Waals surface area contributed by atoms with Crippen molar-refractivity contribution in [3.63, 3.8) is 0 Å². The second kappa shape index (κ2) is 6.02. The zero-order valence-corrected chi connectivity index (χ0v) is 13.4. The van der Waals surface area contributed by atoms with Gasteiger partial charge in [0.1, 0.15) is 10.6 Å². The minimum Gasteiger partial charge on any atom is -0.379 e. The summed E-state index contributed by atoms with van der Waals surface area (Å²) in [5, 5.41) is -0.127. The molecule has 0 bridgehead atoms. The summed E-state index contributed by atoms with van der Waals surface area (Å²) in [5.41, 5.74) is -2.56. The Morgan fingerprint density at radius 3 is 2.38 bits per heavy atom. The van der Waals surface area contributed by atoms with Crippen LogP contribution < -0.4 is 15.4 Å². The first-order valence-electron chi connectivity index (χ1n) is 6.94. The van der Waals surface area contributed by atoms with Crippen molar-refractivity contribution in [3.05, 3.63) is 68.9 Å². The number of aromatic nitrogens is 2. The normalized spacial score (nSPS) is 12.3. The van der Waals surface area contributed by atoms with E-state index >= 15 is 0 Å². The summed E-state index contributed by atoms with van der Waals surface area (Å²) in [4.78, 5) is 26.7. The fraction of sp³-hybridized carbons (Fsp3) is 0.0667. The molecule has 0 aliphatic heterocycles. The van der Waals surface area contributed by atoms with Crippen LogP contribution >= 0.6 is 0 Å². The molecule has 7 nitrogen and oxygen atoms in total. The molecule has 0 radical (unpaired) electrons. The van der Waals surface area contributed by atoms with Gasteiger partial charge in [-0.05, 0) is 36.4 Å². The van der Waals surface area contributed by atoms with Gasteiger partial charge in [0.15, 0.2) is 0 Å². The molecule has 2 N–H and O–H groups in total. The summed E-state index contributed by atoms with van der Waals surface area (Å²) < 4.78 is 67.4. The predicted molar refractivity (Wildman–Crippen MR) is 84.4 cm³/mol. The van der Waals surface area contributed by atoms with Gasteiger partial charge in [-0.25, -0.2) is 4.79 Å². The maximum atomic E-state index is 12.7. The van der Waals surface area contributed by atoms with Crippen LogP contribution in [0, 0.1) is 0 Å². The smallest absolute Gasteiger partial charge is 0.379 e. The van der Waals surface area contributed by atoms with E-state index in [1.807, 2.05) is 4.98 Å². The van der Waals surface area contributed by atoms with Gasteiger partial charge in [-0.3, -0.25) is 9.78 Å². The van der Waals surface area contributed by atoms with E-state index in [-0.39, 0.29) is 10.9 Å². The van der Waals surface area contributed by atoms with Crippen LogP contribution in [-0.2, 0) is 16.3 Å².